The van der Waals surface area contributed by atoms with E-state index in [1.54, 1.807) is 11.3 Å². The number of nitrogens with zero attached hydrogens (tertiary/aromatic N) is 3. The number of thiophene rings is 2. The lowest BCUT2D eigenvalue weighted by atomic mass is 9.93. The van der Waals surface area contributed by atoms with Crippen LogP contribution in [0.15, 0.2) is 180 Å². The van der Waals surface area contributed by atoms with Gasteiger partial charge < -0.3 is 4.42 Å². The Morgan fingerprint density at radius 1 is 0.351 bits per heavy atom. The minimum absolute atomic E-state index is 0.654. The summed E-state index contributed by atoms with van der Waals surface area (Å²) < 4.78 is 11.7. The van der Waals surface area contributed by atoms with E-state index in [1.165, 1.54) is 46.8 Å². The maximum Gasteiger partial charge on any atom is 0.165 e. The second-order valence-corrected chi connectivity index (χ2v) is 16.4. The van der Waals surface area contributed by atoms with Crippen molar-refractivity contribution >= 4 is 85.0 Å². The SMILES string of the molecule is c1ccc(-c2nc(-c3ccccc3)nc(-c3cccc4c3sc3cc(-c5ccc(-c6cccc7c6sc6ccccc67)c6c5oc5ccccc56)ccc34)n2)cc1. The fraction of sp³-hybridized carbons (Fsp3) is 0. The van der Waals surface area contributed by atoms with Crippen LogP contribution in [0.2, 0.25) is 0 Å². The Labute approximate surface area is 335 Å². The average molecular weight is 764 g/mol. The predicted molar refractivity (Wildman–Crippen MR) is 240 cm³/mol. The van der Waals surface area contributed by atoms with E-state index in [0.717, 1.165) is 54.5 Å². The van der Waals surface area contributed by atoms with Crippen LogP contribution in [-0.4, -0.2) is 15.0 Å². The van der Waals surface area contributed by atoms with Gasteiger partial charge >= 0.3 is 0 Å². The van der Waals surface area contributed by atoms with E-state index >= 15 is 0 Å². The molecule has 57 heavy (non-hydrogen) atoms. The topological polar surface area (TPSA) is 51.8 Å². The van der Waals surface area contributed by atoms with Gasteiger partial charge in [0.25, 0.3) is 0 Å². The first-order chi connectivity index (χ1) is 28.2. The predicted octanol–water partition coefficient (Wildman–Crippen LogP) is 14.8. The summed E-state index contributed by atoms with van der Waals surface area (Å²) in [5.41, 5.74) is 9.30. The van der Waals surface area contributed by atoms with Crippen molar-refractivity contribution in [3.63, 3.8) is 0 Å². The highest BCUT2D eigenvalue weighted by Gasteiger charge is 2.21. The summed E-state index contributed by atoms with van der Waals surface area (Å²) in [4.78, 5) is 15.1. The van der Waals surface area contributed by atoms with Gasteiger partial charge in [0.1, 0.15) is 11.2 Å². The summed E-state index contributed by atoms with van der Waals surface area (Å²) in [6.07, 6.45) is 0. The second-order valence-electron chi connectivity index (χ2n) is 14.3. The van der Waals surface area contributed by atoms with Gasteiger partial charge in [0.15, 0.2) is 17.5 Å². The summed E-state index contributed by atoms with van der Waals surface area (Å²) in [6, 6.07) is 61.9. The number of furan rings is 1. The zero-order valence-electron chi connectivity index (χ0n) is 30.3. The van der Waals surface area contributed by atoms with Crippen molar-refractivity contribution in [1.29, 1.82) is 0 Å². The van der Waals surface area contributed by atoms with Crippen LogP contribution in [0.25, 0.3) is 119 Å². The highest BCUT2D eigenvalue weighted by molar-refractivity contribution is 7.26. The van der Waals surface area contributed by atoms with E-state index in [4.69, 9.17) is 19.4 Å². The molecule has 0 amide bonds. The molecule has 0 saturated carbocycles. The van der Waals surface area contributed by atoms with Gasteiger partial charge in [-0.05, 0) is 41.5 Å². The zero-order valence-corrected chi connectivity index (χ0v) is 31.9. The Balaban J connectivity index is 1.04. The van der Waals surface area contributed by atoms with Crippen molar-refractivity contribution < 1.29 is 4.42 Å². The molecule has 4 nitrogen and oxygen atoms in total. The summed E-state index contributed by atoms with van der Waals surface area (Å²) in [5.74, 6) is 1.97. The van der Waals surface area contributed by atoms with Crippen LogP contribution >= 0.6 is 22.7 Å². The van der Waals surface area contributed by atoms with Gasteiger partial charge in [0, 0.05) is 78.9 Å². The second kappa shape index (κ2) is 12.8. The Hall–Kier alpha value is -6.99. The van der Waals surface area contributed by atoms with Gasteiger partial charge in [-0.1, -0.05) is 146 Å². The molecule has 12 aromatic rings. The number of para-hydroxylation sites is 1. The van der Waals surface area contributed by atoms with E-state index in [2.05, 4.69) is 115 Å². The molecular formula is C51H29N3OS2. The third kappa shape index (κ3) is 5.15. The monoisotopic (exact) mass is 763 g/mol. The van der Waals surface area contributed by atoms with Crippen LogP contribution in [0.5, 0.6) is 0 Å². The fourth-order valence-electron chi connectivity index (χ4n) is 8.31. The molecule has 0 fully saturated rings. The van der Waals surface area contributed by atoms with E-state index in [9.17, 15) is 0 Å². The Bertz CT molecular complexity index is 3470. The number of hydrogen-bond donors (Lipinski definition) is 0. The van der Waals surface area contributed by atoms with Crippen LogP contribution in [-0.2, 0) is 0 Å². The summed E-state index contributed by atoms with van der Waals surface area (Å²) in [5, 5.41) is 7.24. The molecule has 4 aromatic heterocycles. The van der Waals surface area contributed by atoms with E-state index in [0.29, 0.717) is 17.5 Å². The third-order valence-corrected chi connectivity index (χ3v) is 13.4. The molecule has 0 spiro atoms. The minimum Gasteiger partial charge on any atom is -0.455 e. The number of benzene rings is 8. The van der Waals surface area contributed by atoms with Crippen LogP contribution in [0, 0.1) is 0 Å². The molecule has 0 saturated heterocycles. The summed E-state index contributed by atoms with van der Waals surface area (Å²) in [6.45, 7) is 0. The molecule has 12 rings (SSSR count). The number of hydrogen-bond acceptors (Lipinski definition) is 6. The van der Waals surface area contributed by atoms with Crippen molar-refractivity contribution in [1.82, 2.24) is 15.0 Å². The normalized spacial score (nSPS) is 11.9. The molecule has 266 valence electrons. The lowest BCUT2D eigenvalue weighted by Gasteiger charge is -2.10. The molecule has 8 aromatic carbocycles. The van der Waals surface area contributed by atoms with E-state index < -0.39 is 0 Å². The van der Waals surface area contributed by atoms with Gasteiger partial charge in [-0.3, -0.25) is 0 Å². The van der Waals surface area contributed by atoms with Crippen molar-refractivity contribution in [3.05, 3.63) is 176 Å². The molecule has 0 bridgehead atoms. The Morgan fingerprint density at radius 2 is 0.912 bits per heavy atom. The minimum atomic E-state index is 0.654. The summed E-state index contributed by atoms with van der Waals surface area (Å²) >= 11 is 3.64. The maximum absolute atomic E-state index is 6.80. The molecule has 4 heterocycles. The maximum atomic E-state index is 6.80. The van der Waals surface area contributed by atoms with Crippen LogP contribution < -0.4 is 0 Å². The van der Waals surface area contributed by atoms with Crippen LogP contribution in [0.3, 0.4) is 0 Å². The molecule has 0 unspecified atom stereocenters. The quantitative estimate of drug-likeness (QED) is 0.175. The van der Waals surface area contributed by atoms with Gasteiger partial charge in [-0.25, -0.2) is 15.0 Å². The summed E-state index contributed by atoms with van der Waals surface area (Å²) in [7, 11) is 0. The van der Waals surface area contributed by atoms with Crippen LogP contribution in [0.1, 0.15) is 0 Å². The number of rotatable bonds is 5. The van der Waals surface area contributed by atoms with E-state index in [-0.39, 0.29) is 0 Å². The molecule has 0 aliphatic heterocycles. The van der Waals surface area contributed by atoms with Crippen molar-refractivity contribution in [2.75, 3.05) is 0 Å². The fourth-order valence-corrected chi connectivity index (χ4v) is 10.8. The van der Waals surface area contributed by atoms with Gasteiger partial charge in [-0.2, -0.15) is 0 Å². The highest BCUT2D eigenvalue weighted by atomic mass is 32.1. The molecule has 0 aliphatic carbocycles. The zero-order chi connectivity index (χ0) is 37.5. The van der Waals surface area contributed by atoms with E-state index in [1.807, 2.05) is 72.0 Å². The first-order valence-corrected chi connectivity index (χ1v) is 20.6. The lowest BCUT2D eigenvalue weighted by Crippen LogP contribution is -2.00. The Kier molecular flexibility index (Phi) is 7.24. The first-order valence-electron chi connectivity index (χ1n) is 18.9. The Morgan fingerprint density at radius 3 is 1.67 bits per heavy atom. The molecule has 6 heteroatoms. The largest absolute Gasteiger partial charge is 0.455 e. The highest BCUT2D eigenvalue weighted by Crippen LogP contribution is 2.47. The molecule has 0 N–H and O–H groups in total. The molecule has 0 aliphatic rings. The van der Waals surface area contributed by atoms with Gasteiger partial charge in [0.05, 0.1) is 0 Å². The van der Waals surface area contributed by atoms with Crippen molar-refractivity contribution in [2.24, 2.45) is 0 Å². The number of aromatic nitrogens is 3. The smallest absolute Gasteiger partial charge is 0.165 e. The van der Waals surface area contributed by atoms with Crippen molar-refractivity contribution in [2.45, 2.75) is 0 Å². The van der Waals surface area contributed by atoms with Crippen LogP contribution in [0.4, 0.5) is 0 Å². The third-order valence-electron chi connectivity index (χ3n) is 11.0. The molecular weight excluding hydrogens is 735 g/mol. The molecule has 0 atom stereocenters. The molecule has 0 radical (unpaired) electrons. The van der Waals surface area contributed by atoms with Crippen molar-refractivity contribution in [3.8, 4) is 56.4 Å². The van der Waals surface area contributed by atoms with Gasteiger partial charge in [0.2, 0.25) is 0 Å². The van der Waals surface area contributed by atoms with Gasteiger partial charge in [-0.15, -0.1) is 22.7 Å². The number of fused-ring (bicyclic) bond motifs is 9. The average Bonchev–Trinajstić information content (AvgIpc) is 3.98. The standard InChI is InChI=1S/C51H29N3OS2/c1-3-13-30(14-4-1)49-52-50(31-15-5-2-6-16-31)54-51(53-49)41-22-12-20-38-35-26-25-32(29-44(35)57-48(38)41)33-27-28-36(45-40-18-7-9-23-42(40)55-46(33)45)39-21-11-19-37-34-17-8-10-24-43(34)56-47(37)39/h1-29H. The lowest BCUT2D eigenvalue weighted by molar-refractivity contribution is 0.670. The first kappa shape index (κ1) is 32.3.